The Labute approximate surface area is 215 Å². The zero-order valence-electron chi connectivity index (χ0n) is 21.4. The van der Waals surface area contributed by atoms with Crippen molar-refractivity contribution in [3.63, 3.8) is 0 Å². The van der Waals surface area contributed by atoms with Crippen molar-refractivity contribution < 1.29 is 18.7 Å². The largest absolute Gasteiger partial charge is 0.496 e. The van der Waals surface area contributed by atoms with Gasteiger partial charge in [-0.25, -0.2) is 19.3 Å². The van der Waals surface area contributed by atoms with Crippen LogP contribution in [0.15, 0.2) is 30.6 Å². The molecule has 10 nitrogen and oxygen atoms in total. The van der Waals surface area contributed by atoms with Gasteiger partial charge in [0.25, 0.3) is 5.91 Å². The van der Waals surface area contributed by atoms with Crippen LogP contribution in [0.2, 0.25) is 0 Å². The number of imidazole rings is 1. The van der Waals surface area contributed by atoms with Crippen molar-refractivity contribution in [2.45, 2.75) is 25.8 Å². The maximum absolute atomic E-state index is 14.9. The van der Waals surface area contributed by atoms with Crippen molar-refractivity contribution in [2.75, 3.05) is 58.9 Å². The van der Waals surface area contributed by atoms with Gasteiger partial charge in [0, 0.05) is 57.2 Å². The van der Waals surface area contributed by atoms with Crippen LogP contribution < -0.4 is 10.1 Å². The van der Waals surface area contributed by atoms with Crippen LogP contribution in [0.4, 0.5) is 16.0 Å². The number of likely N-dealkylation sites (N-methyl/N-ethyl adjacent to an activating group) is 1. The van der Waals surface area contributed by atoms with Gasteiger partial charge in [-0.2, -0.15) is 0 Å². The van der Waals surface area contributed by atoms with Gasteiger partial charge in [0.15, 0.2) is 5.82 Å². The van der Waals surface area contributed by atoms with E-state index in [4.69, 9.17) is 9.47 Å². The summed E-state index contributed by atoms with van der Waals surface area (Å²) in [5, 5.41) is 3.12. The van der Waals surface area contributed by atoms with Crippen molar-refractivity contribution in [3.05, 3.63) is 47.8 Å². The van der Waals surface area contributed by atoms with Gasteiger partial charge >= 0.3 is 0 Å². The molecule has 0 aliphatic carbocycles. The molecular weight excluding hydrogens is 477 g/mol. The van der Waals surface area contributed by atoms with Crippen molar-refractivity contribution in [2.24, 2.45) is 0 Å². The normalized spacial score (nSPS) is 17.1. The lowest BCUT2D eigenvalue weighted by molar-refractivity contribution is 0.0660. The summed E-state index contributed by atoms with van der Waals surface area (Å²) in [5.74, 6) is 0.899. The Morgan fingerprint density at radius 2 is 1.89 bits per heavy atom. The lowest BCUT2D eigenvalue weighted by Gasteiger charge is -2.32. The Bertz CT molecular complexity index is 1270. The van der Waals surface area contributed by atoms with Gasteiger partial charge in [0.05, 0.1) is 30.8 Å². The smallest absolute Gasteiger partial charge is 0.257 e. The van der Waals surface area contributed by atoms with Gasteiger partial charge in [-0.1, -0.05) is 0 Å². The van der Waals surface area contributed by atoms with Crippen molar-refractivity contribution >= 4 is 17.5 Å². The molecule has 2 fully saturated rings. The molecule has 5 rings (SSSR count). The van der Waals surface area contributed by atoms with Crippen LogP contribution in [0.25, 0.3) is 11.4 Å². The summed E-state index contributed by atoms with van der Waals surface area (Å²) in [6.45, 7) is 6.26. The van der Waals surface area contributed by atoms with E-state index < -0.39 is 5.82 Å². The summed E-state index contributed by atoms with van der Waals surface area (Å²) >= 11 is 0. The predicted molar refractivity (Wildman–Crippen MR) is 137 cm³/mol. The Balaban J connectivity index is 1.39. The van der Waals surface area contributed by atoms with Crippen LogP contribution in [-0.4, -0.2) is 88.8 Å². The maximum Gasteiger partial charge on any atom is 0.257 e. The number of rotatable bonds is 6. The number of carbonyl (C=O) groups excluding carboxylic acids is 1. The number of carbonyl (C=O) groups is 1. The number of piperazine rings is 1. The van der Waals surface area contributed by atoms with Crippen LogP contribution in [0.1, 0.15) is 35.1 Å². The number of benzene rings is 1. The summed E-state index contributed by atoms with van der Waals surface area (Å²) in [4.78, 5) is 30.2. The van der Waals surface area contributed by atoms with E-state index in [1.165, 1.54) is 7.11 Å². The first-order chi connectivity index (χ1) is 17.9. The molecule has 0 unspecified atom stereocenters. The molecule has 0 atom stereocenters. The van der Waals surface area contributed by atoms with E-state index in [-0.39, 0.29) is 23.6 Å². The molecule has 2 aliphatic heterocycles. The van der Waals surface area contributed by atoms with Crippen molar-refractivity contribution in [3.8, 4) is 17.1 Å². The fourth-order valence-electron chi connectivity index (χ4n) is 4.89. The zero-order valence-corrected chi connectivity index (χ0v) is 21.4. The minimum Gasteiger partial charge on any atom is -0.496 e. The van der Waals surface area contributed by atoms with Crippen LogP contribution >= 0.6 is 0 Å². The van der Waals surface area contributed by atoms with E-state index >= 15 is 0 Å². The van der Waals surface area contributed by atoms with E-state index in [1.807, 2.05) is 23.4 Å². The highest BCUT2D eigenvalue weighted by Crippen LogP contribution is 2.31. The number of amides is 1. The number of hydrogen-bond acceptors (Lipinski definition) is 8. The first-order valence-electron chi connectivity index (χ1n) is 12.5. The zero-order chi connectivity index (χ0) is 25.9. The number of nitrogens with one attached hydrogen (secondary N) is 1. The van der Waals surface area contributed by atoms with Crippen LogP contribution in [0.3, 0.4) is 0 Å². The maximum atomic E-state index is 14.9. The second-order valence-corrected chi connectivity index (χ2v) is 9.43. The molecule has 0 saturated carbocycles. The third-order valence-electron chi connectivity index (χ3n) is 7.00. The number of anilines is 2. The number of aromatic nitrogens is 4. The second kappa shape index (κ2) is 10.8. The molecule has 37 heavy (non-hydrogen) atoms. The summed E-state index contributed by atoms with van der Waals surface area (Å²) in [6.07, 6.45) is 4.48. The Morgan fingerprint density at radius 3 is 2.62 bits per heavy atom. The molecule has 2 aliphatic rings. The van der Waals surface area contributed by atoms with E-state index in [2.05, 4.69) is 25.2 Å². The number of hydrogen-bond donors (Lipinski definition) is 1. The van der Waals surface area contributed by atoms with Crippen LogP contribution in [-0.2, 0) is 4.74 Å². The molecular formula is C26H32FN7O3. The average molecular weight is 510 g/mol. The van der Waals surface area contributed by atoms with Crippen molar-refractivity contribution in [1.82, 2.24) is 29.3 Å². The van der Waals surface area contributed by atoms with Gasteiger partial charge in [-0.05, 0) is 38.9 Å². The Morgan fingerprint density at radius 1 is 1.14 bits per heavy atom. The van der Waals surface area contributed by atoms with Gasteiger partial charge in [-0.3, -0.25) is 4.79 Å². The number of halogens is 1. The summed E-state index contributed by atoms with van der Waals surface area (Å²) in [5.41, 5.74) is 1.91. The van der Waals surface area contributed by atoms with Gasteiger partial charge in [-0.15, -0.1) is 0 Å². The molecule has 0 radical (unpaired) electrons. The highest BCUT2D eigenvalue weighted by Gasteiger charge is 2.25. The minimum atomic E-state index is -0.524. The van der Waals surface area contributed by atoms with E-state index in [0.29, 0.717) is 49.0 Å². The molecule has 2 aromatic heterocycles. The predicted octanol–water partition coefficient (Wildman–Crippen LogP) is 3.28. The first-order valence-corrected chi connectivity index (χ1v) is 12.5. The SMILES string of the molecule is COc1cc(Nc2ncc(F)c(-c3cnc(C)n3C3CCOCC3)n2)ccc1C(=O)N1CCN(C)CC1. The van der Waals surface area contributed by atoms with Gasteiger partial charge in [0.2, 0.25) is 5.95 Å². The van der Waals surface area contributed by atoms with Gasteiger partial charge < -0.3 is 29.2 Å². The van der Waals surface area contributed by atoms with Crippen LogP contribution in [0, 0.1) is 12.7 Å². The van der Waals surface area contributed by atoms with E-state index in [1.54, 1.807) is 24.4 Å². The quantitative estimate of drug-likeness (QED) is 0.541. The molecule has 11 heteroatoms. The monoisotopic (exact) mass is 509 g/mol. The molecule has 3 aromatic rings. The fourth-order valence-corrected chi connectivity index (χ4v) is 4.89. The molecule has 4 heterocycles. The first kappa shape index (κ1) is 25.1. The number of aryl methyl sites for hydroxylation is 1. The minimum absolute atomic E-state index is 0.0615. The average Bonchev–Trinajstić information content (AvgIpc) is 3.31. The molecule has 1 N–H and O–H groups in total. The topological polar surface area (TPSA) is 97.6 Å². The number of methoxy groups -OCH3 is 1. The lowest BCUT2D eigenvalue weighted by atomic mass is 10.1. The third-order valence-corrected chi connectivity index (χ3v) is 7.00. The molecule has 1 amide bonds. The molecule has 0 bridgehead atoms. The van der Waals surface area contributed by atoms with Crippen molar-refractivity contribution in [1.29, 1.82) is 0 Å². The highest BCUT2D eigenvalue weighted by molar-refractivity contribution is 5.97. The fraction of sp³-hybridized carbons (Fsp3) is 0.462. The molecule has 1 aromatic carbocycles. The summed E-state index contributed by atoms with van der Waals surface area (Å²) < 4.78 is 28.0. The number of ether oxygens (including phenoxy) is 2. The standard InChI is InChI=1S/C26H32FN7O3/c1-17-28-16-22(34(17)19-6-12-37-13-7-19)24-21(27)15-29-26(31-24)30-18-4-5-20(23(14-18)36-3)25(35)33-10-8-32(2)9-11-33/h4-5,14-16,19H,6-13H2,1-3H3,(H,29,30,31). The molecule has 2 saturated heterocycles. The third kappa shape index (κ3) is 5.28. The molecule has 0 spiro atoms. The van der Waals surface area contributed by atoms with E-state index in [9.17, 15) is 9.18 Å². The van der Waals surface area contributed by atoms with Crippen LogP contribution in [0.5, 0.6) is 5.75 Å². The summed E-state index contributed by atoms with van der Waals surface area (Å²) in [6, 6.07) is 5.41. The van der Waals surface area contributed by atoms with Gasteiger partial charge in [0.1, 0.15) is 17.3 Å². The Hall–Kier alpha value is -3.57. The number of nitrogens with zero attached hydrogens (tertiary/aromatic N) is 6. The lowest BCUT2D eigenvalue weighted by Crippen LogP contribution is -2.47. The second-order valence-electron chi connectivity index (χ2n) is 9.43. The highest BCUT2D eigenvalue weighted by atomic mass is 19.1. The Kier molecular flexibility index (Phi) is 7.33. The van der Waals surface area contributed by atoms with E-state index in [0.717, 1.165) is 38.0 Å². The summed E-state index contributed by atoms with van der Waals surface area (Å²) in [7, 11) is 3.58. The molecule has 196 valence electrons.